The predicted octanol–water partition coefficient (Wildman–Crippen LogP) is 4.49. The minimum atomic E-state index is -1.05. The van der Waals surface area contributed by atoms with Crippen molar-refractivity contribution in [2.75, 3.05) is 13.2 Å². The molecular weight excluding hydrogens is 370 g/mol. The number of ether oxygens (including phenoxy) is 3. The third-order valence-electron chi connectivity index (χ3n) is 4.40. The first-order valence-electron chi connectivity index (χ1n) is 9.79. The minimum absolute atomic E-state index is 0.382. The van der Waals surface area contributed by atoms with Crippen molar-refractivity contribution in [3.8, 4) is 11.8 Å². The lowest BCUT2D eigenvalue weighted by molar-refractivity contribution is -0.137. The van der Waals surface area contributed by atoms with Crippen LogP contribution in [0.15, 0.2) is 60.4 Å². The van der Waals surface area contributed by atoms with Gasteiger partial charge in [0.25, 0.3) is 0 Å². The molecule has 0 fully saturated rings. The number of aliphatic hydroxyl groups excluding tert-OH is 1. The maximum Gasteiger partial charge on any atom is 0.330 e. The fourth-order valence-corrected chi connectivity index (χ4v) is 2.73. The molecule has 1 N–H and O–H groups in total. The van der Waals surface area contributed by atoms with Crippen molar-refractivity contribution in [2.45, 2.75) is 44.8 Å². The summed E-state index contributed by atoms with van der Waals surface area (Å²) in [5, 5.41) is 19.1. The third-order valence-corrected chi connectivity index (χ3v) is 4.40. The summed E-state index contributed by atoms with van der Waals surface area (Å²) in [5.41, 5.74) is 1.35. The van der Waals surface area contributed by atoms with Gasteiger partial charge in [-0.05, 0) is 68.5 Å². The van der Waals surface area contributed by atoms with Crippen molar-refractivity contribution in [3.63, 3.8) is 0 Å². The molecule has 6 heteroatoms. The van der Waals surface area contributed by atoms with E-state index in [9.17, 15) is 9.90 Å². The maximum atomic E-state index is 10.9. The molecule has 1 unspecified atom stereocenters. The lowest BCUT2D eigenvalue weighted by Gasteiger charge is -2.18. The van der Waals surface area contributed by atoms with Crippen molar-refractivity contribution in [1.29, 1.82) is 5.26 Å². The number of benzene rings is 1. The first-order chi connectivity index (χ1) is 14.1. The smallest absolute Gasteiger partial charge is 0.330 e. The second-order valence-corrected chi connectivity index (χ2v) is 6.61. The summed E-state index contributed by atoms with van der Waals surface area (Å²) in [5.74, 6) is 1.02. The summed E-state index contributed by atoms with van der Waals surface area (Å²) in [6, 6.07) is 9.27. The van der Waals surface area contributed by atoms with Gasteiger partial charge in [-0.3, -0.25) is 0 Å². The molecule has 6 nitrogen and oxygen atoms in total. The van der Waals surface area contributed by atoms with Crippen LogP contribution in [0.1, 0.15) is 50.4 Å². The molecule has 2 rings (SSSR count). The van der Waals surface area contributed by atoms with E-state index in [1.165, 1.54) is 6.08 Å². The van der Waals surface area contributed by atoms with Crippen LogP contribution in [0, 0.1) is 11.3 Å². The molecule has 0 aliphatic heterocycles. The number of allylic oxidation sites excluding steroid dienone is 4. The van der Waals surface area contributed by atoms with Gasteiger partial charge in [0.15, 0.2) is 0 Å². The molecule has 1 aromatic rings. The summed E-state index contributed by atoms with van der Waals surface area (Å²) < 4.78 is 16.2. The Morgan fingerprint density at radius 3 is 2.48 bits per heavy atom. The maximum absolute atomic E-state index is 10.9. The van der Waals surface area contributed by atoms with Gasteiger partial charge in [0.1, 0.15) is 11.5 Å². The van der Waals surface area contributed by atoms with E-state index < -0.39 is 6.29 Å². The molecule has 154 valence electrons. The van der Waals surface area contributed by atoms with Crippen LogP contribution in [-0.2, 0) is 14.3 Å². The first-order valence-corrected chi connectivity index (χ1v) is 9.79. The highest BCUT2D eigenvalue weighted by atomic mass is 16.6. The van der Waals surface area contributed by atoms with Crippen LogP contribution in [0.5, 0.6) is 5.75 Å². The van der Waals surface area contributed by atoms with Crippen molar-refractivity contribution in [3.05, 3.63) is 66.0 Å². The van der Waals surface area contributed by atoms with Crippen LogP contribution in [0.2, 0.25) is 0 Å². The Kier molecular flexibility index (Phi) is 9.53. The average molecular weight is 397 g/mol. The zero-order valence-electron chi connectivity index (χ0n) is 16.5. The fourth-order valence-electron chi connectivity index (χ4n) is 2.73. The van der Waals surface area contributed by atoms with E-state index in [0.29, 0.717) is 43.0 Å². The molecule has 0 heterocycles. The topological polar surface area (TPSA) is 88.8 Å². The highest BCUT2D eigenvalue weighted by Gasteiger charge is 2.13. The molecule has 0 bridgehead atoms. The molecule has 1 atom stereocenters. The average Bonchev–Trinajstić information content (AvgIpc) is 2.76. The number of hydrogen-bond acceptors (Lipinski definition) is 6. The number of carbonyl (C=O) groups is 1. The molecule has 0 radical (unpaired) electrons. The molecule has 1 aliphatic carbocycles. The predicted molar refractivity (Wildman–Crippen MR) is 109 cm³/mol. The summed E-state index contributed by atoms with van der Waals surface area (Å²) in [4.78, 5) is 10.9. The Labute approximate surface area is 171 Å². The molecule has 0 aromatic heterocycles. The number of rotatable bonds is 12. The number of hydrogen-bond donors (Lipinski definition) is 1. The van der Waals surface area contributed by atoms with Crippen LogP contribution in [0.4, 0.5) is 0 Å². The molecule has 29 heavy (non-hydrogen) atoms. The first kappa shape index (κ1) is 22.3. The molecule has 1 aliphatic rings. The van der Waals surface area contributed by atoms with E-state index in [1.54, 1.807) is 36.4 Å². The van der Waals surface area contributed by atoms with Gasteiger partial charge in [-0.25, -0.2) is 4.79 Å². The lowest BCUT2D eigenvalue weighted by Crippen LogP contribution is -2.05. The number of nitriles is 1. The summed E-state index contributed by atoms with van der Waals surface area (Å²) in [6.07, 6.45) is 8.50. The fraction of sp³-hybridized carbons (Fsp3) is 0.391. The molecule has 0 saturated carbocycles. The largest absolute Gasteiger partial charge is 0.494 e. The van der Waals surface area contributed by atoms with Gasteiger partial charge in [-0.1, -0.05) is 6.58 Å². The monoisotopic (exact) mass is 397 g/mol. The van der Waals surface area contributed by atoms with Gasteiger partial charge in [-0.15, -0.1) is 0 Å². The number of nitrogens with zero attached hydrogens (tertiary/aromatic N) is 1. The SMILES string of the molecule is C=CC(=O)OCCCCCCOc1ccc(C(O)OC2=CC=C(C#N)CC2)cc1. The summed E-state index contributed by atoms with van der Waals surface area (Å²) in [7, 11) is 0. The lowest BCUT2D eigenvalue weighted by atomic mass is 10.1. The summed E-state index contributed by atoms with van der Waals surface area (Å²) >= 11 is 0. The van der Waals surface area contributed by atoms with Gasteiger partial charge < -0.3 is 19.3 Å². The number of carbonyl (C=O) groups excluding carboxylic acids is 1. The zero-order chi connectivity index (χ0) is 20.9. The number of unbranched alkanes of at least 4 members (excludes halogenated alkanes) is 3. The van der Waals surface area contributed by atoms with Crippen LogP contribution < -0.4 is 4.74 Å². The van der Waals surface area contributed by atoms with Gasteiger partial charge in [0.2, 0.25) is 6.29 Å². The van der Waals surface area contributed by atoms with Crippen LogP contribution >= 0.6 is 0 Å². The van der Waals surface area contributed by atoms with Crippen molar-refractivity contribution < 1.29 is 24.1 Å². The van der Waals surface area contributed by atoms with Crippen LogP contribution in [-0.4, -0.2) is 24.3 Å². The third kappa shape index (κ3) is 8.24. The van der Waals surface area contributed by atoms with E-state index >= 15 is 0 Å². The van der Waals surface area contributed by atoms with Gasteiger partial charge in [-0.2, -0.15) is 5.26 Å². The highest BCUT2D eigenvalue weighted by Crippen LogP contribution is 2.26. The Morgan fingerprint density at radius 2 is 1.86 bits per heavy atom. The normalized spacial score (nSPS) is 14.1. The molecule has 0 saturated heterocycles. The van der Waals surface area contributed by atoms with Crippen LogP contribution in [0.25, 0.3) is 0 Å². The van der Waals surface area contributed by atoms with Gasteiger partial charge in [0.05, 0.1) is 19.3 Å². The zero-order valence-corrected chi connectivity index (χ0v) is 16.5. The van der Waals surface area contributed by atoms with Crippen molar-refractivity contribution in [1.82, 2.24) is 0 Å². The van der Waals surface area contributed by atoms with Crippen molar-refractivity contribution >= 4 is 5.97 Å². The second-order valence-electron chi connectivity index (χ2n) is 6.61. The van der Waals surface area contributed by atoms with Crippen molar-refractivity contribution in [2.24, 2.45) is 0 Å². The molecular formula is C23H27NO5. The van der Waals surface area contributed by atoms with Crippen LogP contribution in [0.3, 0.4) is 0 Å². The quantitative estimate of drug-likeness (QED) is 0.242. The van der Waals surface area contributed by atoms with E-state index in [2.05, 4.69) is 12.6 Å². The number of aliphatic hydroxyl groups is 1. The Morgan fingerprint density at radius 1 is 1.14 bits per heavy atom. The standard InChI is InChI=1S/C23H27NO5/c1-2-22(25)28-16-6-4-3-5-15-27-20-13-9-19(10-14-20)23(26)29-21-11-7-18(17-24)8-12-21/h2,7,9-11,13-14,23,26H,1,3-6,8,12,15-16H2. The molecule has 0 amide bonds. The highest BCUT2D eigenvalue weighted by molar-refractivity contribution is 5.81. The number of esters is 1. The van der Waals surface area contributed by atoms with E-state index in [1.807, 2.05) is 0 Å². The Bertz CT molecular complexity index is 773. The minimum Gasteiger partial charge on any atom is -0.494 e. The van der Waals surface area contributed by atoms with E-state index in [4.69, 9.17) is 19.5 Å². The van der Waals surface area contributed by atoms with E-state index in [0.717, 1.165) is 31.4 Å². The molecule has 1 aromatic carbocycles. The van der Waals surface area contributed by atoms with E-state index in [-0.39, 0.29) is 5.97 Å². The van der Waals surface area contributed by atoms with Gasteiger partial charge in [0, 0.05) is 23.6 Å². The Balaban J connectivity index is 1.64. The molecule has 0 spiro atoms. The van der Waals surface area contributed by atoms with Gasteiger partial charge >= 0.3 is 5.97 Å². The Hall–Kier alpha value is -3.04. The second kappa shape index (κ2) is 12.4. The summed E-state index contributed by atoms with van der Waals surface area (Å²) in [6.45, 7) is 4.37.